The highest BCUT2D eigenvalue weighted by Gasteiger charge is 2.34. The van der Waals surface area contributed by atoms with Crippen molar-refractivity contribution in [2.24, 2.45) is 0 Å². The summed E-state index contributed by atoms with van der Waals surface area (Å²) in [6, 6.07) is 8.73. The first kappa shape index (κ1) is 18.4. The van der Waals surface area contributed by atoms with E-state index in [0.29, 0.717) is 12.2 Å². The van der Waals surface area contributed by atoms with Crippen molar-refractivity contribution in [3.05, 3.63) is 53.6 Å². The van der Waals surface area contributed by atoms with Crippen molar-refractivity contribution in [1.29, 1.82) is 0 Å². The van der Waals surface area contributed by atoms with E-state index in [4.69, 9.17) is 21.7 Å². The molecule has 3 rings (SSSR count). The average Bonchev–Trinajstić information content (AvgIpc) is 2.56. The molecule has 2 N–H and O–H groups in total. The molecule has 0 amide bonds. The molecule has 0 aliphatic carbocycles. The summed E-state index contributed by atoms with van der Waals surface area (Å²) in [5, 5.41) is 6.22. The van der Waals surface area contributed by atoms with Gasteiger partial charge in [-0.1, -0.05) is 0 Å². The molecule has 1 atom stereocenters. The summed E-state index contributed by atoms with van der Waals surface area (Å²) in [6.07, 6.45) is 0.654. The van der Waals surface area contributed by atoms with Crippen molar-refractivity contribution in [2.75, 3.05) is 12.4 Å². The maximum atomic E-state index is 13.8. The Kier molecular flexibility index (Phi) is 5.00. The van der Waals surface area contributed by atoms with Gasteiger partial charge in [-0.25, -0.2) is 8.78 Å². The average molecular weight is 378 g/mol. The summed E-state index contributed by atoms with van der Waals surface area (Å²) < 4.78 is 38.2. The summed E-state index contributed by atoms with van der Waals surface area (Å²) in [6.45, 7) is 3.98. The third-order valence-electron chi connectivity index (χ3n) is 4.16. The molecule has 1 aliphatic heterocycles. The number of halogens is 2. The monoisotopic (exact) mass is 378 g/mol. The number of nitrogens with one attached hydrogen (secondary N) is 2. The lowest BCUT2D eigenvalue weighted by molar-refractivity contribution is 0.0695. The molecular formula is C19H20F2N2O2S. The number of fused-ring (bicyclic) bond motifs is 1. The third-order valence-corrected chi connectivity index (χ3v) is 4.38. The minimum atomic E-state index is -0.705. The minimum Gasteiger partial charge on any atom is -0.497 e. The van der Waals surface area contributed by atoms with Gasteiger partial charge in [0.15, 0.2) is 5.11 Å². The van der Waals surface area contributed by atoms with Crippen LogP contribution in [0.4, 0.5) is 14.5 Å². The second kappa shape index (κ2) is 7.07. The topological polar surface area (TPSA) is 42.5 Å². The van der Waals surface area contributed by atoms with Gasteiger partial charge < -0.3 is 20.1 Å². The molecule has 0 saturated heterocycles. The van der Waals surface area contributed by atoms with Crippen LogP contribution in [0.5, 0.6) is 11.5 Å². The summed E-state index contributed by atoms with van der Waals surface area (Å²) in [5.74, 6) is 0.111. The van der Waals surface area contributed by atoms with Crippen LogP contribution in [0.3, 0.4) is 0 Å². The summed E-state index contributed by atoms with van der Waals surface area (Å²) in [5.41, 5.74) is 0.629. The first-order valence-corrected chi connectivity index (χ1v) is 8.58. The van der Waals surface area contributed by atoms with Crippen LogP contribution in [0, 0.1) is 11.6 Å². The Morgan fingerprint density at radius 1 is 1.23 bits per heavy atom. The van der Waals surface area contributed by atoms with E-state index in [9.17, 15) is 8.78 Å². The summed E-state index contributed by atoms with van der Waals surface area (Å²) >= 11 is 5.32. The molecule has 0 fully saturated rings. The fourth-order valence-corrected chi connectivity index (χ4v) is 3.25. The van der Waals surface area contributed by atoms with Crippen molar-refractivity contribution in [3.8, 4) is 11.5 Å². The van der Waals surface area contributed by atoms with Crippen LogP contribution in [0.1, 0.15) is 31.9 Å². The number of methoxy groups -OCH3 is 1. The van der Waals surface area contributed by atoms with E-state index in [1.807, 2.05) is 32.0 Å². The van der Waals surface area contributed by atoms with Crippen molar-refractivity contribution in [3.63, 3.8) is 0 Å². The lowest BCUT2D eigenvalue weighted by Crippen LogP contribution is -2.42. The molecule has 1 aliphatic rings. The number of hydrogen-bond acceptors (Lipinski definition) is 3. The lowest BCUT2D eigenvalue weighted by atomic mass is 9.89. The van der Waals surface area contributed by atoms with Crippen LogP contribution in [-0.4, -0.2) is 17.8 Å². The second-order valence-corrected chi connectivity index (χ2v) is 7.15. The van der Waals surface area contributed by atoms with Gasteiger partial charge in [-0.05, 0) is 56.4 Å². The Hall–Kier alpha value is -2.41. The molecule has 1 heterocycles. The van der Waals surface area contributed by atoms with Crippen LogP contribution in [-0.2, 0) is 0 Å². The van der Waals surface area contributed by atoms with Crippen LogP contribution in [0.25, 0.3) is 0 Å². The van der Waals surface area contributed by atoms with E-state index in [1.165, 1.54) is 12.1 Å². The fraction of sp³-hybridized carbons (Fsp3) is 0.316. The van der Waals surface area contributed by atoms with Crippen molar-refractivity contribution in [2.45, 2.75) is 31.9 Å². The molecule has 26 heavy (non-hydrogen) atoms. The molecule has 138 valence electrons. The quantitative estimate of drug-likeness (QED) is 0.767. The highest BCUT2D eigenvalue weighted by molar-refractivity contribution is 7.80. The number of anilines is 1. The van der Waals surface area contributed by atoms with E-state index in [-0.39, 0.29) is 16.8 Å². The van der Waals surface area contributed by atoms with E-state index in [1.54, 1.807) is 7.11 Å². The zero-order valence-electron chi connectivity index (χ0n) is 14.7. The van der Waals surface area contributed by atoms with Gasteiger partial charge in [-0.3, -0.25) is 0 Å². The minimum absolute atomic E-state index is 0.112. The molecule has 0 spiro atoms. The first-order chi connectivity index (χ1) is 12.3. The standard InChI is InChI=1S/C19H20F2N2O2S/c1-19(2)10-16(13-9-12(24-3)5-7-17(13)25-19)23-18(26)22-15-6-4-11(20)8-14(15)21/h4-9,16H,10H2,1-3H3,(H2,22,23,26). The van der Waals surface area contributed by atoms with E-state index < -0.39 is 17.2 Å². The van der Waals surface area contributed by atoms with Gasteiger partial charge in [0.1, 0.15) is 28.7 Å². The molecular weight excluding hydrogens is 358 g/mol. The molecule has 0 aromatic heterocycles. The Balaban J connectivity index is 1.81. The molecule has 0 radical (unpaired) electrons. The van der Waals surface area contributed by atoms with Gasteiger partial charge in [-0.15, -0.1) is 0 Å². The number of rotatable bonds is 3. The Morgan fingerprint density at radius 3 is 2.69 bits per heavy atom. The van der Waals surface area contributed by atoms with E-state index in [0.717, 1.165) is 17.4 Å². The van der Waals surface area contributed by atoms with Gasteiger partial charge in [0, 0.05) is 18.1 Å². The van der Waals surface area contributed by atoms with Crippen LogP contribution in [0.2, 0.25) is 0 Å². The highest BCUT2D eigenvalue weighted by Crippen LogP contribution is 2.41. The highest BCUT2D eigenvalue weighted by atomic mass is 32.1. The Bertz CT molecular complexity index is 842. The predicted molar refractivity (Wildman–Crippen MR) is 101 cm³/mol. The van der Waals surface area contributed by atoms with Crippen molar-refractivity contribution >= 4 is 23.0 Å². The Labute approximate surface area is 156 Å². The largest absolute Gasteiger partial charge is 0.497 e. The molecule has 0 bridgehead atoms. The molecule has 4 nitrogen and oxygen atoms in total. The van der Waals surface area contributed by atoms with Crippen LogP contribution >= 0.6 is 12.2 Å². The van der Waals surface area contributed by atoms with Gasteiger partial charge in [0.2, 0.25) is 0 Å². The van der Waals surface area contributed by atoms with Crippen LogP contribution in [0.15, 0.2) is 36.4 Å². The van der Waals surface area contributed by atoms with E-state index in [2.05, 4.69) is 10.6 Å². The number of ether oxygens (including phenoxy) is 2. The Morgan fingerprint density at radius 2 is 2.00 bits per heavy atom. The van der Waals surface area contributed by atoms with Gasteiger partial charge in [0.25, 0.3) is 0 Å². The molecule has 0 saturated carbocycles. The second-order valence-electron chi connectivity index (χ2n) is 6.74. The summed E-state index contributed by atoms with van der Waals surface area (Å²) in [4.78, 5) is 0. The number of hydrogen-bond donors (Lipinski definition) is 2. The number of benzene rings is 2. The zero-order chi connectivity index (χ0) is 18.9. The maximum absolute atomic E-state index is 13.8. The molecule has 7 heteroatoms. The zero-order valence-corrected chi connectivity index (χ0v) is 15.5. The smallest absolute Gasteiger partial charge is 0.171 e. The fourth-order valence-electron chi connectivity index (χ4n) is 3.00. The van der Waals surface area contributed by atoms with Crippen molar-refractivity contribution < 1.29 is 18.3 Å². The SMILES string of the molecule is COc1ccc2c(c1)C(NC(=S)Nc1ccc(F)cc1F)CC(C)(C)O2. The predicted octanol–water partition coefficient (Wildman–Crippen LogP) is 4.56. The normalized spacial score (nSPS) is 17.7. The first-order valence-electron chi connectivity index (χ1n) is 8.17. The van der Waals surface area contributed by atoms with Gasteiger partial charge >= 0.3 is 0 Å². The lowest BCUT2D eigenvalue weighted by Gasteiger charge is -2.38. The van der Waals surface area contributed by atoms with E-state index >= 15 is 0 Å². The van der Waals surface area contributed by atoms with Gasteiger partial charge in [-0.2, -0.15) is 0 Å². The molecule has 2 aromatic carbocycles. The molecule has 2 aromatic rings. The molecule has 1 unspecified atom stereocenters. The number of thiocarbonyl (C=S) groups is 1. The maximum Gasteiger partial charge on any atom is 0.171 e. The van der Waals surface area contributed by atoms with Gasteiger partial charge in [0.05, 0.1) is 18.8 Å². The van der Waals surface area contributed by atoms with Crippen molar-refractivity contribution in [1.82, 2.24) is 5.32 Å². The van der Waals surface area contributed by atoms with Crippen LogP contribution < -0.4 is 20.1 Å². The third kappa shape index (κ3) is 4.04. The summed E-state index contributed by atoms with van der Waals surface area (Å²) in [7, 11) is 1.60.